The Morgan fingerprint density at radius 2 is 2.30 bits per heavy atom. The van der Waals surface area contributed by atoms with Crippen LogP contribution < -0.4 is 10.9 Å². The van der Waals surface area contributed by atoms with Crippen molar-refractivity contribution in [2.45, 2.75) is 10.9 Å². The predicted molar refractivity (Wildman–Crippen MR) is 76.3 cm³/mol. The molecule has 4 heterocycles. The molecule has 3 aromatic heterocycles. The topological polar surface area (TPSA) is 92.9 Å². The molecule has 0 spiro atoms. The van der Waals surface area contributed by atoms with Crippen LogP contribution in [0.2, 0.25) is 0 Å². The van der Waals surface area contributed by atoms with Crippen LogP contribution in [0, 0.1) is 0 Å². The van der Waals surface area contributed by atoms with Gasteiger partial charge in [0.2, 0.25) is 10.8 Å². The maximum atomic E-state index is 4.59. The molecule has 10 heteroatoms. The summed E-state index contributed by atoms with van der Waals surface area (Å²) in [5.41, 5.74) is 6.96. The Labute approximate surface area is 125 Å². The third-order valence-corrected chi connectivity index (χ3v) is 4.82. The summed E-state index contributed by atoms with van der Waals surface area (Å²) in [5, 5.41) is 13.8. The van der Waals surface area contributed by atoms with Gasteiger partial charge in [0.1, 0.15) is 10.7 Å². The van der Waals surface area contributed by atoms with Crippen LogP contribution >= 0.6 is 27.3 Å². The Kier molecular flexibility index (Phi) is 2.95. The quantitative estimate of drug-likeness (QED) is 0.650. The Balaban J connectivity index is 1.79. The first-order valence-electron chi connectivity index (χ1n) is 5.94. The van der Waals surface area contributed by atoms with E-state index in [0.717, 1.165) is 16.5 Å². The maximum Gasteiger partial charge on any atom is 0.235 e. The average molecular weight is 353 g/mol. The van der Waals surface area contributed by atoms with Gasteiger partial charge in [-0.1, -0.05) is 27.3 Å². The van der Waals surface area contributed by atoms with Crippen molar-refractivity contribution in [3.63, 3.8) is 0 Å². The number of nitrogens with one attached hydrogen (secondary N) is 2. The van der Waals surface area contributed by atoms with Crippen LogP contribution in [0.3, 0.4) is 0 Å². The molecule has 1 aliphatic heterocycles. The largest absolute Gasteiger partial charge is 0.261 e. The number of fused-ring (bicyclic) bond motifs is 1. The van der Waals surface area contributed by atoms with Gasteiger partial charge in [0.15, 0.2) is 0 Å². The standard InChI is InChI=1S/C10H9BrN8S/c11-5-3-14-15-7(5)9-18-19-8(16-17-10(19)20-9)6-4-12-1-2-13-6/h1-2,4-5,7,14-15H,3H2. The second-order valence-corrected chi connectivity index (χ2v) is 6.43. The minimum absolute atomic E-state index is 0.122. The first-order chi connectivity index (χ1) is 9.83. The molecule has 8 nitrogen and oxygen atoms in total. The summed E-state index contributed by atoms with van der Waals surface area (Å²) < 4.78 is 1.71. The number of hydrogen-bond donors (Lipinski definition) is 2. The molecule has 0 saturated carbocycles. The van der Waals surface area contributed by atoms with Gasteiger partial charge in [-0.2, -0.15) is 9.61 Å². The fourth-order valence-electron chi connectivity index (χ4n) is 2.02. The Hall–Kier alpha value is -1.49. The number of nitrogens with zero attached hydrogens (tertiary/aromatic N) is 6. The third kappa shape index (κ3) is 1.92. The van der Waals surface area contributed by atoms with Gasteiger partial charge in [0.05, 0.1) is 17.1 Å². The highest BCUT2D eigenvalue weighted by atomic mass is 79.9. The van der Waals surface area contributed by atoms with E-state index < -0.39 is 0 Å². The summed E-state index contributed by atoms with van der Waals surface area (Å²) in [6.45, 7) is 0.849. The molecule has 0 bridgehead atoms. The highest BCUT2D eigenvalue weighted by molar-refractivity contribution is 9.09. The van der Waals surface area contributed by atoms with E-state index in [1.807, 2.05) is 0 Å². The zero-order chi connectivity index (χ0) is 13.5. The molecule has 1 fully saturated rings. The third-order valence-electron chi connectivity index (χ3n) is 2.98. The van der Waals surface area contributed by atoms with E-state index in [0.29, 0.717) is 16.3 Å². The van der Waals surface area contributed by atoms with E-state index in [9.17, 15) is 0 Å². The summed E-state index contributed by atoms with van der Waals surface area (Å²) >= 11 is 5.14. The van der Waals surface area contributed by atoms with Crippen LogP contribution in [-0.4, -0.2) is 41.2 Å². The van der Waals surface area contributed by atoms with Crippen LogP contribution in [0.4, 0.5) is 0 Å². The monoisotopic (exact) mass is 352 g/mol. The van der Waals surface area contributed by atoms with Crippen LogP contribution in [0.15, 0.2) is 18.6 Å². The number of alkyl halides is 1. The van der Waals surface area contributed by atoms with Gasteiger partial charge in [0, 0.05) is 18.9 Å². The van der Waals surface area contributed by atoms with E-state index in [2.05, 4.69) is 52.0 Å². The van der Waals surface area contributed by atoms with Crippen molar-refractivity contribution in [1.29, 1.82) is 0 Å². The van der Waals surface area contributed by atoms with Crippen molar-refractivity contribution in [2.24, 2.45) is 0 Å². The summed E-state index contributed by atoms with van der Waals surface area (Å²) in [4.78, 5) is 9.32. The van der Waals surface area contributed by atoms with E-state index in [-0.39, 0.29) is 6.04 Å². The second kappa shape index (κ2) is 4.81. The van der Waals surface area contributed by atoms with Crippen LogP contribution in [0.1, 0.15) is 11.0 Å². The molecule has 0 amide bonds. The molecule has 4 rings (SSSR count). The summed E-state index contributed by atoms with van der Waals surface area (Å²) in [5.74, 6) is 0.604. The highest BCUT2D eigenvalue weighted by Gasteiger charge is 2.30. The summed E-state index contributed by atoms with van der Waals surface area (Å²) in [6, 6.07) is 0.122. The van der Waals surface area contributed by atoms with Gasteiger partial charge >= 0.3 is 0 Å². The average Bonchev–Trinajstić information content (AvgIpc) is 3.13. The molecule has 2 N–H and O–H groups in total. The molecule has 0 aliphatic carbocycles. The lowest BCUT2D eigenvalue weighted by atomic mass is 10.2. The molecular weight excluding hydrogens is 344 g/mol. The predicted octanol–water partition coefficient (Wildman–Crippen LogP) is 0.555. The van der Waals surface area contributed by atoms with E-state index >= 15 is 0 Å². The minimum atomic E-state index is 0.122. The zero-order valence-corrected chi connectivity index (χ0v) is 12.5. The Morgan fingerprint density at radius 3 is 3.05 bits per heavy atom. The lowest BCUT2D eigenvalue weighted by Gasteiger charge is -2.07. The Morgan fingerprint density at radius 1 is 1.35 bits per heavy atom. The number of aromatic nitrogens is 6. The first-order valence-corrected chi connectivity index (χ1v) is 7.67. The number of hydrogen-bond acceptors (Lipinski definition) is 8. The van der Waals surface area contributed by atoms with Crippen molar-refractivity contribution in [2.75, 3.05) is 6.54 Å². The van der Waals surface area contributed by atoms with Gasteiger partial charge in [-0.3, -0.25) is 10.4 Å². The van der Waals surface area contributed by atoms with Crippen molar-refractivity contribution in [1.82, 2.24) is 40.6 Å². The fourth-order valence-corrected chi connectivity index (χ4v) is 3.70. The van der Waals surface area contributed by atoms with Crippen molar-refractivity contribution in [3.05, 3.63) is 23.6 Å². The van der Waals surface area contributed by atoms with Crippen molar-refractivity contribution >= 4 is 32.2 Å². The molecule has 2 atom stereocenters. The van der Waals surface area contributed by atoms with Crippen LogP contribution in [0.25, 0.3) is 16.5 Å². The van der Waals surface area contributed by atoms with Crippen LogP contribution in [0.5, 0.6) is 0 Å². The minimum Gasteiger partial charge on any atom is -0.261 e. The van der Waals surface area contributed by atoms with Gasteiger partial charge in [-0.05, 0) is 0 Å². The van der Waals surface area contributed by atoms with Crippen molar-refractivity contribution < 1.29 is 0 Å². The smallest absolute Gasteiger partial charge is 0.235 e. The van der Waals surface area contributed by atoms with Gasteiger partial charge in [-0.25, -0.2) is 10.4 Å². The number of halogens is 1. The second-order valence-electron chi connectivity index (χ2n) is 4.27. The van der Waals surface area contributed by atoms with E-state index in [1.165, 1.54) is 11.3 Å². The SMILES string of the molecule is BrC1CNNC1c1nn2c(-c3cnccn3)nnc2s1. The molecule has 2 unspecified atom stereocenters. The molecule has 1 aliphatic rings. The molecule has 3 aromatic rings. The normalized spacial score (nSPS) is 22.6. The molecular formula is C10H9BrN8S. The number of rotatable bonds is 2. The highest BCUT2D eigenvalue weighted by Crippen LogP contribution is 2.29. The first kappa shape index (κ1) is 12.3. The van der Waals surface area contributed by atoms with E-state index in [1.54, 1.807) is 23.1 Å². The fraction of sp³-hybridized carbons (Fsp3) is 0.300. The summed E-state index contributed by atoms with van der Waals surface area (Å²) in [6.07, 6.45) is 4.90. The van der Waals surface area contributed by atoms with E-state index in [4.69, 9.17) is 0 Å². The van der Waals surface area contributed by atoms with Gasteiger partial charge in [-0.15, -0.1) is 10.2 Å². The van der Waals surface area contributed by atoms with Crippen LogP contribution in [-0.2, 0) is 0 Å². The maximum absolute atomic E-state index is 4.59. The number of hydrazine groups is 1. The molecule has 20 heavy (non-hydrogen) atoms. The Bertz CT molecular complexity index is 740. The summed E-state index contributed by atoms with van der Waals surface area (Å²) in [7, 11) is 0. The molecule has 1 saturated heterocycles. The zero-order valence-electron chi connectivity index (χ0n) is 10.1. The molecule has 102 valence electrons. The molecule has 0 radical (unpaired) electrons. The lowest BCUT2D eigenvalue weighted by molar-refractivity contribution is 0.576. The van der Waals surface area contributed by atoms with Gasteiger partial charge < -0.3 is 0 Å². The van der Waals surface area contributed by atoms with Crippen molar-refractivity contribution in [3.8, 4) is 11.5 Å². The lowest BCUT2D eigenvalue weighted by Crippen LogP contribution is -2.25. The van der Waals surface area contributed by atoms with Gasteiger partial charge in [0.25, 0.3) is 0 Å². The molecule has 0 aromatic carbocycles.